The number of hydrogen-bond donors (Lipinski definition) is 3. The largest absolute Gasteiger partial charge is 0.352 e. The van der Waals surface area contributed by atoms with E-state index in [4.69, 9.17) is 0 Å². The lowest BCUT2D eigenvalue weighted by molar-refractivity contribution is -0.124. The van der Waals surface area contributed by atoms with Gasteiger partial charge < -0.3 is 20.9 Å². The number of amides is 3. The summed E-state index contributed by atoms with van der Waals surface area (Å²) in [5.41, 5.74) is 0. The first-order valence-electron chi connectivity index (χ1n) is 12.4. The molecule has 8 heteroatoms. The lowest BCUT2D eigenvalue weighted by Gasteiger charge is -2.42. The van der Waals surface area contributed by atoms with Crippen LogP contribution < -0.4 is 16.0 Å². The van der Waals surface area contributed by atoms with E-state index in [9.17, 15) is 14.0 Å². The molecule has 0 bridgehead atoms. The minimum Gasteiger partial charge on any atom is -0.352 e. The van der Waals surface area contributed by atoms with E-state index in [-0.39, 0.29) is 36.0 Å². The van der Waals surface area contributed by atoms with Gasteiger partial charge in [0.15, 0.2) is 0 Å². The maximum Gasteiger partial charge on any atom is 0.317 e. The van der Waals surface area contributed by atoms with Crippen molar-refractivity contribution in [1.29, 1.82) is 0 Å². The Bertz CT molecular complexity index is 623. The molecular formula is C23H40FN5O2. The quantitative estimate of drug-likeness (QED) is 0.628. The normalized spacial score (nSPS) is 39.1. The number of nitrogens with zero attached hydrogens (tertiary/aromatic N) is 2. The maximum absolute atomic E-state index is 14.4. The molecule has 4 fully saturated rings. The molecule has 3 N–H and O–H groups in total. The van der Waals surface area contributed by atoms with Gasteiger partial charge in [0.1, 0.15) is 6.17 Å². The van der Waals surface area contributed by atoms with Crippen LogP contribution in [-0.4, -0.2) is 84.8 Å². The van der Waals surface area contributed by atoms with Gasteiger partial charge in [-0.3, -0.25) is 9.69 Å². The summed E-state index contributed by atoms with van der Waals surface area (Å²) in [5, 5.41) is 9.63. The maximum atomic E-state index is 14.4. The molecule has 3 amide bonds. The predicted molar refractivity (Wildman–Crippen MR) is 119 cm³/mol. The van der Waals surface area contributed by atoms with Crippen molar-refractivity contribution < 1.29 is 14.0 Å². The van der Waals surface area contributed by atoms with Gasteiger partial charge in [-0.1, -0.05) is 6.92 Å². The van der Waals surface area contributed by atoms with Gasteiger partial charge in [-0.25, -0.2) is 9.18 Å². The summed E-state index contributed by atoms with van der Waals surface area (Å²) in [5.74, 6) is 0.479. The number of nitrogens with one attached hydrogen (secondary N) is 3. The first-order chi connectivity index (χ1) is 15.0. The molecule has 0 spiro atoms. The van der Waals surface area contributed by atoms with E-state index in [0.29, 0.717) is 31.3 Å². The molecule has 2 saturated heterocycles. The minimum atomic E-state index is -0.774. The smallest absolute Gasteiger partial charge is 0.317 e. The van der Waals surface area contributed by atoms with E-state index < -0.39 is 6.17 Å². The summed E-state index contributed by atoms with van der Waals surface area (Å²) in [4.78, 5) is 29.4. The number of carbonyl (C=O) groups excluding carboxylic acids is 2. The SMILES string of the molecule is CCNC(=O)N1CCN([C@H]2CCC[C@@H](NC(=O)C3CC4C(F)CCC(C)C4N3)C2)CC1. The van der Waals surface area contributed by atoms with Crippen LogP contribution in [0, 0.1) is 11.8 Å². The average molecular weight is 438 g/mol. The Balaban J connectivity index is 1.25. The van der Waals surface area contributed by atoms with E-state index in [2.05, 4.69) is 27.8 Å². The highest BCUT2D eigenvalue weighted by atomic mass is 19.1. The molecule has 2 aliphatic heterocycles. The summed E-state index contributed by atoms with van der Waals surface area (Å²) in [6, 6.07) is 0.570. The number of fused-ring (bicyclic) bond motifs is 1. The van der Waals surface area contributed by atoms with Crippen LogP contribution in [0.25, 0.3) is 0 Å². The van der Waals surface area contributed by atoms with Crippen LogP contribution in [0.1, 0.15) is 58.8 Å². The van der Waals surface area contributed by atoms with Crippen LogP contribution in [0.3, 0.4) is 0 Å². The predicted octanol–water partition coefficient (Wildman–Crippen LogP) is 1.88. The molecule has 31 heavy (non-hydrogen) atoms. The van der Waals surface area contributed by atoms with E-state index >= 15 is 0 Å². The standard InChI is InChI=1S/C23H40FN5O2/c1-3-25-23(31)29-11-9-28(10-12-29)17-6-4-5-16(13-17)26-22(30)20-14-18-19(24)8-7-15(2)21(18)27-20/h15-21,27H,3-14H2,1-2H3,(H,25,31)(H,26,30)/t15?,16-,17+,18?,19?,20?,21?/m1/s1. The zero-order valence-electron chi connectivity index (χ0n) is 19.1. The number of piperazine rings is 1. The Kier molecular flexibility index (Phi) is 7.37. The Hall–Kier alpha value is -1.41. The molecule has 7 atom stereocenters. The summed E-state index contributed by atoms with van der Waals surface area (Å²) in [6.07, 6.45) is 5.64. The zero-order valence-corrected chi connectivity index (χ0v) is 19.1. The molecule has 4 rings (SSSR count). The third kappa shape index (κ3) is 5.16. The summed E-state index contributed by atoms with van der Waals surface area (Å²) in [6.45, 7) is 8.08. The number of hydrogen-bond acceptors (Lipinski definition) is 4. The second-order valence-electron chi connectivity index (χ2n) is 10.1. The van der Waals surface area contributed by atoms with Crippen molar-refractivity contribution in [3.05, 3.63) is 0 Å². The molecule has 176 valence electrons. The number of urea groups is 1. The van der Waals surface area contributed by atoms with E-state index in [1.165, 1.54) is 0 Å². The fraction of sp³-hybridized carbons (Fsp3) is 0.913. The van der Waals surface area contributed by atoms with Gasteiger partial charge in [-0.05, 0) is 57.8 Å². The number of carbonyl (C=O) groups is 2. The van der Waals surface area contributed by atoms with Crippen LogP contribution in [-0.2, 0) is 4.79 Å². The van der Waals surface area contributed by atoms with Crippen LogP contribution in [0.5, 0.6) is 0 Å². The highest BCUT2D eigenvalue weighted by Gasteiger charge is 2.46. The Labute approximate surface area is 185 Å². The second kappa shape index (κ2) is 10.0. The van der Waals surface area contributed by atoms with E-state index in [1.54, 1.807) is 0 Å². The summed E-state index contributed by atoms with van der Waals surface area (Å²) >= 11 is 0. The molecule has 0 aromatic heterocycles. The number of halogens is 1. The van der Waals surface area contributed by atoms with Crippen molar-refractivity contribution in [3.8, 4) is 0 Å². The summed E-state index contributed by atoms with van der Waals surface area (Å²) < 4.78 is 14.4. The molecule has 2 heterocycles. The molecule has 2 aliphatic carbocycles. The van der Waals surface area contributed by atoms with Gasteiger partial charge in [0.25, 0.3) is 0 Å². The molecule has 2 saturated carbocycles. The first-order valence-corrected chi connectivity index (χ1v) is 12.4. The monoisotopic (exact) mass is 437 g/mol. The van der Waals surface area contributed by atoms with E-state index in [1.807, 2.05) is 11.8 Å². The van der Waals surface area contributed by atoms with Crippen molar-refractivity contribution in [2.24, 2.45) is 11.8 Å². The third-order valence-corrected chi connectivity index (χ3v) is 8.09. The second-order valence-corrected chi connectivity index (χ2v) is 10.1. The summed E-state index contributed by atoms with van der Waals surface area (Å²) in [7, 11) is 0. The van der Waals surface area contributed by atoms with Crippen molar-refractivity contribution in [2.75, 3.05) is 32.7 Å². The topological polar surface area (TPSA) is 76.7 Å². The first kappa shape index (κ1) is 22.8. The van der Waals surface area contributed by atoms with Crippen LogP contribution in [0.2, 0.25) is 0 Å². The van der Waals surface area contributed by atoms with Crippen molar-refractivity contribution in [2.45, 2.75) is 89.1 Å². The lowest BCUT2D eigenvalue weighted by atomic mass is 9.77. The van der Waals surface area contributed by atoms with E-state index in [0.717, 1.165) is 58.3 Å². The molecule has 0 aromatic rings. The van der Waals surface area contributed by atoms with Gasteiger partial charge in [0, 0.05) is 56.8 Å². The van der Waals surface area contributed by atoms with Crippen molar-refractivity contribution >= 4 is 11.9 Å². The van der Waals surface area contributed by atoms with Crippen LogP contribution in [0.15, 0.2) is 0 Å². The molecule has 4 aliphatic rings. The minimum absolute atomic E-state index is 0.0141. The van der Waals surface area contributed by atoms with Gasteiger partial charge in [0.05, 0.1) is 6.04 Å². The fourth-order valence-electron chi connectivity index (χ4n) is 6.28. The molecule has 0 aromatic carbocycles. The Morgan fingerprint density at radius 1 is 1.06 bits per heavy atom. The van der Waals surface area contributed by atoms with Crippen molar-refractivity contribution in [3.63, 3.8) is 0 Å². The third-order valence-electron chi connectivity index (χ3n) is 8.09. The Morgan fingerprint density at radius 3 is 2.55 bits per heavy atom. The van der Waals surface area contributed by atoms with Crippen LogP contribution in [0.4, 0.5) is 9.18 Å². The van der Waals surface area contributed by atoms with Gasteiger partial charge in [-0.15, -0.1) is 0 Å². The lowest BCUT2D eigenvalue weighted by Crippen LogP contribution is -2.56. The average Bonchev–Trinajstić information content (AvgIpc) is 3.24. The highest BCUT2D eigenvalue weighted by Crippen LogP contribution is 2.38. The fourth-order valence-corrected chi connectivity index (χ4v) is 6.28. The van der Waals surface area contributed by atoms with Gasteiger partial charge in [0.2, 0.25) is 5.91 Å². The number of alkyl halides is 1. The molecular weight excluding hydrogens is 397 g/mol. The highest BCUT2D eigenvalue weighted by molar-refractivity contribution is 5.82. The zero-order chi connectivity index (χ0) is 22.0. The molecule has 7 nitrogen and oxygen atoms in total. The Morgan fingerprint density at radius 2 is 1.84 bits per heavy atom. The van der Waals surface area contributed by atoms with Crippen molar-refractivity contribution in [1.82, 2.24) is 25.8 Å². The van der Waals surface area contributed by atoms with Gasteiger partial charge in [-0.2, -0.15) is 0 Å². The van der Waals surface area contributed by atoms with Crippen LogP contribution >= 0.6 is 0 Å². The van der Waals surface area contributed by atoms with Gasteiger partial charge >= 0.3 is 6.03 Å². The number of rotatable bonds is 4. The molecule has 5 unspecified atom stereocenters. The molecule has 0 radical (unpaired) electrons.